The normalized spacial score (nSPS) is 10.9. The van der Waals surface area contributed by atoms with Crippen LogP contribution in [0.1, 0.15) is 17.0 Å². The lowest BCUT2D eigenvalue weighted by Gasteiger charge is -2.08. The number of ether oxygens (including phenoxy) is 1. The van der Waals surface area contributed by atoms with E-state index in [1.165, 1.54) is 6.21 Å². The van der Waals surface area contributed by atoms with Gasteiger partial charge in [-0.1, -0.05) is 0 Å². The minimum absolute atomic E-state index is 0.616. The van der Waals surface area contributed by atoms with Crippen molar-refractivity contribution in [3.8, 4) is 0 Å². The van der Waals surface area contributed by atoms with Crippen LogP contribution in [0.2, 0.25) is 0 Å². The Balaban J connectivity index is 2.77. The summed E-state index contributed by atoms with van der Waals surface area (Å²) in [5, 5.41) is 3.69. The molecule has 19 heavy (non-hydrogen) atoms. The SMILES string of the molecule is COCCn1c(C)cc(C=NNC(=O)C(N)=O)c1C. The molecule has 3 N–H and O–H groups in total. The number of nitrogens with one attached hydrogen (secondary N) is 1. The maximum absolute atomic E-state index is 10.9. The van der Waals surface area contributed by atoms with Crippen molar-refractivity contribution in [2.75, 3.05) is 13.7 Å². The first-order valence-corrected chi connectivity index (χ1v) is 5.76. The van der Waals surface area contributed by atoms with Crippen molar-refractivity contribution in [3.05, 3.63) is 23.0 Å². The Hall–Kier alpha value is -2.15. The van der Waals surface area contributed by atoms with Crippen LogP contribution in [0.25, 0.3) is 0 Å². The predicted molar refractivity (Wildman–Crippen MR) is 70.7 cm³/mol. The molecule has 1 aromatic heterocycles. The molecule has 1 aromatic rings. The second-order valence-electron chi connectivity index (χ2n) is 4.03. The number of methoxy groups -OCH3 is 1. The Labute approximate surface area is 111 Å². The first-order chi connectivity index (χ1) is 8.97. The Kier molecular flexibility index (Phi) is 5.25. The Morgan fingerprint density at radius 1 is 1.53 bits per heavy atom. The lowest BCUT2D eigenvalue weighted by molar-refractivity contribution is -0.137. The van der Waals surface area contributed by atoms with Crippen molar-refractivity contribution in [1.82, 2.24) is 9.99 Å². The fourth-order valence-corrected chi connectivity index (χ4v) is 1.70. The summed E-state index contributed by atoms with van der Waals surface area (Å²) < 4.78 is 7.13. The first kappa shape index (κ1) is 14.9. The highest BCUT2D eigenvalue weighted by Crippen LogP contribution is 2.12. The number of aromatic nitrogens is 1. The number of primary amides is 1. The number of hydrazone groups is 1. The minimum Gasteiger partial charge on any atom is -0.383 e. The summed E-state index contributed by atoms with van der Waals surface area (Å²) in [6.07, 6.45) is 1.48. The van der Waals surface area contributed by atoms with Gasteiger partial charge in [0.25, 0.3) is 0 Å². The molecule has 7 nitrogen and oxygen atoms in total. The summed E-state index contributed by atoms with van der Waals surface area (Å²) in [5.41, 5.74) is 9.77. The van der Waals surface area contributed by atoms with E-state index in [1.807, 2.05) is 19.9 Å². The highest BCUT2D eigenvalue weighted by molar-refractivity contribution is 6.34. The third kappa shape index (κ3) is 3.92. The molecule has 2 amide bonds. The number of nitrogens with two attached hydrogens (primary N) is 1. The number of hydrogen-bond donors (Lipinski definition) is 2. The van der Waals surface area contributed by atoms with E-state index in [9.17, 15) is 9.59 Å². The van der Waals surface area contributed by atoms with Crippen molar-refractivity contribution >= 4 is 18.0 Å². The van der Waals surface area contributed by atoms with Crippen molar-refractivity contribution in [1.29, 1.82) is 0 Å². The molecule has 0 unspecified atom stereocenters. The summed E-state index contributed by atoms with van der Waals surface area (Å²) in [4.78, 5) is 21.4. The second-order valence-corrected chi connectivity index (χ2v) is 4.03. The van der Waals surface area contributed by atoms with Gasteiger partial charge >= 0.3 is 11.8 Å². The van der Waals surface area contributed by atoms with Crippen LogP contribution >= 0.6 is 0 Å². The van der Waals surface area contributed by atoms with Gasteiger partial charge in [0.05, 0.1) is 12.8 Å². The molecular formula is C12H18N4O3. The lowest BCUT2D eigenvalue weighted by Crippen LogP contribution is -2.32. The van der Waals surface area contributed by atoms with Crippen molar-refractivity contribution < 1.29 is 14.3 Å². The van der Waals surface area contributed by atoms with Crippen molar-refractivity contribution in [2.45, 2.75) is 20.4 Å². The molecule has 0 aliphatic rings. The Morgan fingerprint density at radius 2 is 2.21 bits per heavy atom. The van der Waals surface area contributed by atoms with Crippen LogP contribution in [0.3, 0.4) is 0 Å². The molecule has 0 fully saturated rings. The molecule has 0 saturated heterocycles. The number of amides is 2. The monoisotopic (exact) mass is 266 g/mol. The molecule has 1 heterocycles. The van der Waals surface area contributed by atoms with Crippen LogP contribution in [0, 0.1) is 13.8 Å². The smallest absolute Gasteiger partial charge is 0.329 e. The molecule has 7 heteroatoms. The molecule has 0 bridgehead atoms. The van der Waals surface area contributed by atoms with Gasteiger partial charge in [-0.15, -0.1) is 0 Å². The quantitative estimate of drug-likeness (QED) is 0.434. The third-order valence-electron chi connectivity index (χ3n) is 2.73. The second kappa shape index (κ2) is 6.69. The fourth-order valence-electron chi connectivity index (χ4n) is 1.70. The van der Waals surface area contributed by atoms with Gasteiger partial charge in [-0.2, -0.15) is 5.10 Å². The van der Waals surface area contributed by atoms with E-state index in [-0.39, 0.29) is 0 Å². The highest BCUT2D eigenvalue weighted by atomic mass is 16.5. The molecule has 0 spiro atoms. The Bertz CT molecular complexity index is 505. The Morgan fingerprint density at radius 3 is 2.79 bits per heavy atom. The van der Waals surface area contributed by atoms with Crippen LogP contribution in [0.4, 0.5) is 0 Å². The summed E-state index contributed by atoms with van der Waals surface area (Å²) in [5.74, 6) is -2.01. The van der Waals surface area contributed by atoms with E-state index in [1.54, 1.807) is 7.11 Å². The van der Waals surface area contributed by atoms with Crippen LogP contribution in [0.15, 0.2) is 11.2 Å². The van der Waals surface area contributed by atoms with Crippen LogP contribution in [-0.2, 0) is 20.9 Å². The number of aryl methyl sites for hydroxylation is 1. The molecule has 0 saturated carbocycles. The molecule has 104 valence electrons. The van der Waals surface area contributed by atoms with Crippen LogP contribution in [-0.4, -0.2) is 36.3 Å². The van der Waals surface area contributed by atoms with E-state index in [4.69, 9.17) is 10.5 Å². The standard InChI is InChI=1S/C12H18N4O3/c1-8-6-10(7-14-15-12(18)11(13)17)9(2)16(8)4-5-19-3/h6-7H,4-5H2,1-3H3,(H2,13,17)(H,15,18). The molecular weight excluding hydrogens is 248 g/mol. The number of rotatable bonds is 5. The van der Waals surface area contributed by atoms with Gasteiger partial charge in [0.15, 0.2) is 0 Å². The molecule has 0 atom stereocenters. The van der Waals surface area contributed by atoms with Gasteiger partial charge in [0, 0.05) is 30.6 Å². The zero-order valence-electron chi connectivity index (χ0n) is 11.3. The number of nitrogens with zero attached hydrogens (tertiary/aromatic N) is 2. The minimum atomic E-state index is -1.07. The van der Waals surface area contributed by atoms with Gasteiger partial charge in [0.2, 0.25) is 0 Å². The number of carbonyl (C=O) groups is 2. The maximum Gasteiger partial charge on any atom is 0.329 e. The largest absolute Gasteiger partial charge is 0.383 e. The van der Waals surface area contributed by atoms with Gasteiger partial charge < -0.3 is 15.0 Å². The van der Waals surface area contributed by atoms with E-state index < -0.39 is 11.8 Å². The summed E-state index contributed by atoms with van der Waals surface area (Å²) in [7, 11) is 1.65. The maximum atomic E-state index is 10.9. The van der Waals surface area contributed by atoms with E-state index in [0.29, 0.717) is 6.61 Å². The highest BCUT2D eigenvalue weighted by Gasteiger charge is 2.08. The topological polar surface area (TPSA) is 98.7 Å². The number of carbonyl (C=O) groups excluding carboxylic acids is 2. The fraction of sp³-hybridized carbons (Fsp3) is 0.417. The van der Waals surface area contributed by atoms with Crippen molar-refractivity contribution in [2.24, 2.45) is 10.8 Å². The first-order valence-electron chi connectivity index (χ1n) is 5.76. The van der Waals surface area contributed by atoms with Gasteiger partial charge in [-0.05, 0) is 19.9 Å². The summed E-state index contributed by atoms with van der Waals surface area (Å²) in [6, 6.07) is 1.94. The van der Waals surface area contributed by atoms with Crippen LogP contribution < -0.4 is 11.2 Å². The summed E-state index contributed by atoms with van der Waals surface area (Å²) >= 11 is 0. The predicted octanol–water partition coefficient (Wildman–Crippen LogP) is -0.313. The molecule has 0 aliphatic carbocycles. The van der Waals surface area contributed by atoms with E-state index in [0.717, 1.165) is 23.5 Å². The summed E-state index contributed by atoms with van der Waals surface area (Å²) in [6.45, 7) is 5.28. The average Bonchev–Trinajstić information content (AvgIpc) is 2.62. The van der Waals surface area contributed by atoms with E-state index in [2.05, 4.69) is 15.1 Å². The third-order valence-corrected chi connectivity index (χ3v) is 2.73. The number of hydrogen-bond acceptors (Lipinski definition) is 4. The molecule has 0 radical (unpaired) electrons. The van der Waals surface area contributed by atoms with Gasteiger partial charge in [-0.25, -0.2) is 5.43 Å². The van der Waals surface area contributed by atoms with Gasteiger partial charge in [0.1, 0.15) is 0 Å². The van der Waals surface area contributed by atoms with Gasteiger partial charge in [-0.3, -0.25) is 9.59 Å². The van der Waals surface area contributed by atoms with Crippen molar-refractivity contribution in [3.63, 3.8) is 0 Å². The van der Waals surface area contributed by atoms with E-state index >= 15 is 0 Å². The average molecular weight is 266 g/mol. The molecule has 1 rings (SSSR count). The lowest BCUT2D eigenvalue weighted by atomic mass is 10.3. The zero-order valence-corrected chi connectivity index (χ0v) is 11.3. The zero-order chi connectivity index (χ0) is 14.4. The van der Waals surface area contributed by atoms with Crippen LogP contribution in [0.5, 0.6) is 0 Å². The molecule has 0 aliphatic heterocycles. The molecule has 0 aromatic carbocycles.